The van der Waals surface area contributed by atoms with Crippen LogP contribution in [0, 0.1) is 0 Å². The van der Waals surface area contributed by atoms with Gasteiger partial charge in [-0.25, -0.2) is 0 Å². The summed E-state index contributed by atoms with van der Waals surface area (Å²) < 4.78 is 0. The molecule has 1 rings (SSSR count). The predicted octanol–water partition coefficient (Wildman–Crippen LogP) is 0.166. The average molecular weight is 194 g/mol. The Morgan fingerprint density at radius 3 is 2.21 bits per heavy atom. The lowest BCUT2D eigenvalue weighted by atomic mass is 10.0. The van der Waals surface area contributed by atoms with E-state index in [4.69, 9.17) is 11.5 Å². The number of aliphatic hydroxyl groups excluding tert-OH is 1. The van der Waals surface area contributed by atoms with Crippen molar-refractivity contribution in [2.45, 2.75) is 19.1 Å². The van der Waals surface area contributed by atoms with Crippen molar-refractivity contribution in [3.05, 3.63) is 35.4 Å². The lowest BCUT2D eigenvalue weighted by Crippen LogP contribution is -2.23. The molecular formula is C10H14N2O2. The molecule has 14 heavy (non-hydrogen) atoms. The predicted molar refractivity (Wildman–Crippen MR) is 53.6 cm³/mol. The molecule has 1 aromatic carbocycles. The second-order valence-electron chi connectivity index (χ2n) is 3.25. The van der Waals surface area contributed by atoms with E-state index in [1.165, 1.54) is 0 Å². The van der Waals surface area contributed by atoms with Crippen LogP contribution < -0.4 is 11.5 Å². The number of rotatable bonds is 3. The molecule has 0 heterocycles. The summed E-state index contributed by atoms with van der Waals surface area (Å²) in [5.74, 6) is -0.470. The molecule has 0 radical (unpaired) electrons. The van der Waals surface area contributed by atoms with Gasteiger partial charge in [0.2, 0.25) is 5.91 Å². The first kappa shape index (κ1) is 10.7. The lowest BCUT2D eigenvalue weighted by molar-refractivity contribution is 0.100. The molecule has 4 heteroatoms. The topological polar surface area (TPSA) is 89.3 Å². The maximum atomic E-state index is 10.8. The summed E-state index contributed by atoms with van der Waals surface area (Å²) in [6.45, 7) is 1.62. The highest BCUT2D eigenvalue weighted by atomic mass is 16.3. The summed E-state index contributed by atoms with van der Waals surface area (Å²) >= 11 is 0. The summed E-state index contributed by atoms with van der Waals surface area (Å²) in [6, 6.07) is 6.14. The van der Waals surface area contributed by atoms with Gasteiger partial charge in [0.25, 0.3) is 0 Å². The van der Waals surface area contributed by atoms with Gasteiger partial charge >= 0.3 is 0 Å². The van der Waals surface area contributed by atoms with E-state index in [1.807, 2.05) is 0 Å². The molecule has 76 valence electrons. The zero-order chi connectivity index (χ0) is 10.7. The van der Waals surface area contributed by atoms with Crippen molar-refractivity contribution < 1.29 is 9.90 Å². The smallest absolute Gasteiger partial charge is 0.248 e. The lowest BCUT2D eigenvalue weighted by Gasteiger charge is -2.14. The number of benzene rings is 1. The monoisotopic (exact) mass is 194 g/mol. The van der Waals surface area contributed by atoms with Crippen molar-refractivity contribution in [1.82, 2.24) is 0 Å². The molecule has 0 fully saturated rings. The Hall–Kier alpha value is -1.39. The van der Waals surface area contributed by atoms with Gasteiger partial charge in [0.1, 0.15) is 0 Å². The fourth-order valence-electron chi connectivity index (χ4n) is 1.15. The normalized spacial score (nSPS) is 14.8. The highest BCUT2D eigenvalue weighted by Crippen LogP contribution is 2.14. The standard InChI is InChI=1S/C10H14N2O2/c1-6(13)9(11)7-2-4-8(5-3-7)10(12)14/h2-6,9,13H,11H2,1H3,(H2,12,14)/t6-,9+/m1/s1. The fraction of sp³-hybridized carbons (Fsp3) is 0.300. The van der Waals surface area contributed by atoms with Crippen molar-refractivity contribution >= 4 is 5.91 Å². The maximum absolute atomic E-state index is 10.8. The molecule has 1 aromatic rings. The van der Waals surface area contributed by atoms with Crippen LogP contribution in [0.1, 0.15) is 28.9 Å². The summed E-state index contributed by atoms with van der Waals surface area (Å²) in [5.41, 5.74) is 12.0. The first-order valence-electron chi connectivity index (χ1n) is 4.36. The third kappa shape index (κ3) is 2.31. The summed E-state index contributed by atoms with van der Waals surface area (Å²) in [4.78, 5) is 10.8. The minimum atomic E-state index is -0.616. The molecule has 0 bridgehead atoms. The van der Waals surface area contributed by atoms with E-state index >= 15 is 0 Å². The van der Waals surface area contributed by atoms with E-state index < -0.39 is 18.1 Å². The van der Waals surface area contributed by atoms with Crippen LogP contribution in [0.5, 0.6) is 0 Å². The van der Waals surface area contributed by atoms with Crippen LogP contribution >= 0.6 is 0 Å². The van der Waals surface area contributed by atoms with Gasteiger partial charge in [-0.15, -0.1) is 0 Å². The van der Waals surface area contributed by atoms with Crippen LogP contribution in [0.3, 0.4) is 0 Å². The van der Waals surface area contributed by atoms with Crippen LogP contribution in [-0.4, -0.2) is 17.1 Å². The minimum absolute atomic E-state index is 0.433. The van der Waals surface area contributed by atoms with E-state index in [-0.39, 0.29) is 0 Å². The Kier molecular flexibility index (Phi) is 3.22. The molecule has 4 nitrogen and oxygen atoms in total. The van der Waals surface area contributed by atoms with Crippen molar-refractivity contribution in [2.24, 2.45) is 11.5 Å². The second-order valence-corrected chi connectivity index (χ2v) is 3.25. The van der Waals surface area contributed by atoms with Gasteiger partial charge in [0.05, 0.1) is 12.1 Å². The van der Waals surface area contributed by atoms with Crippen LogP contribution in [-0.2, 0) is 0 Å². The van der Waals surface area contributed by atoms with Crippen molar-refractivity contribution in [2.75, 3.05) is 0 Å². The van der Waals surface area contributed by atoms with Crippen LogP contribution in [0.15, 0.2) is 24.3 Å². The number of hydrogen-bond acceptors (Lipinski definition) is 3. The van der Waals surface area contributed by atoms with Gasteiger partial charge in [-0.2, -0.15) is 0 Å². The Balaban J connectivity index is 2.88. The van der Waals surface area contributed by atoms with Gasteiger partial charge in [0.15, 0.2) is 0 Å². The largest absolute Gasteiger partial charge is 0.391 e. The quantitative estimate of drug-likeness (QED) is 0.640. The van der Waals surface area contributed by atoms with E-state index in [0.29, 0.717) is 5.56 Å². The number of aliphatic hydroxyl groups is 1. The Bertz CT molecular complexity index is 319. The van der Waals surface area contributed by atoms with E-state index in [0.717, 1.165) is 5.56 Å². The highest BCUT2D eigenvalue weighted by molar-refractivity contribution is 5.92. The second kappa shape index (κ2) is 4.21. The van der Waals surface area contributed by atoms with E-state index in [1.54, 1.807) is 31.2 Å². The molecule has 0 unspecified atom stereocenters. The molecular weight excluding hydrogens is 180 g/mol. The third-order valence-corrected chi connectivity index (χ3v) is 2.10. The Labute approximate surface area is 82.5 Å². The number of carbonyl (C=O) groups is 1. The molecule has 0 aliphatic carbocycles. The molecule has 0 saturated heterocycles. The molecule has 2 atom stereocenters. The maximum Gasteiger partial charge on any atom is 0.248 e. The molecule has 5 N–H and O–H groups in total. The van der Waals surface area contributed by atoms with Crippen molar-refractivity contribution in [3.8, 4) is 0 Å². The molecule has 0 saturated carbocycles. The number of hydrogen-bond donors (Lipinski definition) is 3. The van der Waals surface area contributed by atoms with Gasteiger partial charge in [-0.1, -0.05) is 12.1 Å². The van der Waals surface area contributed by atoms with Crippen molar-refractivity contribution in [3.63, 3.8) is 0 Å². The first-order chi connectivity index (χ1) is 6.52. The number of primary amides is 1. The van der Waals surface area contributed by atoms with Gasteiger partial charge in [0, 0.05) is 5.56 Å². The Morgan fingerprint density at radius 1 is 1.36 bits per heavy atom. The van der Waals surface area contributed by atoms with Crippen molar-refractivity contribution in [1.29, 1.82) is 0 Å². The van der Waals surface area contributed by atoms with Gasteiger partial charge in [-0.05, 0) is 24.6 Å². The molecule has 0 aromatic heterocycles. The summed E-state index contributed by atoms with van der Waals surface area (Å²) in [7, 11) is 0. The minimum Gasteiger partial charge on any atom is -0.391 e. The number of nitrogens with two attached hydrogens (primary N) is 2. The number of carbonyl (C=O) groups excluding carboxylic acids is 1. The van der Waals surface area contributed by atoms with Gasteiger partial charge in [-0.3, -0.25) is 4.79 Å². The molecule has 0 aliphatic rings. The molecule has 1 amide bonds. The fourth-order valence-corrected chi connectivity index (χ4v) is 1.15. The van der Waals surface area contributed by atoms with Crippen LogP contribution in [0.4, 0.5) is 0 Å². The third-order valence-electron chi connectivity index (χ3n) is 2.10. The Morgan fingerprint density at radius 2 is 1.86 bits per heavy atom. The highest BCUT2D eigenvalue weighted by Gasteiger charge is 2.11. The summed E-state index contributed by atoms with van der Waals surface area (Å²) in [6.07, 6.45) is -0.616. The van der Waals surface area contributed by atoms with E-state index in [9.17, 15) is 9.90 Å². The molecule has 0 aliphatic heterocycles. The number of amides is 1. The van der Waals surface area contributed by atoms with Gasteiger partial charge < -0.3 is 16.6 Å². The van der Waals surface area contributed by atoms with Crippen LogP contribution in [0.25, 0.3) is 0 Å². The zero-order valence-corrected chi connectivity index (χ0v) is 7.97. The first-order valence-corrected chi connectivity index (χ1v) is 4.36. The van der Waals surface area contributed by atoms with Crippen LogP contribution in [0.2, 0.25) is 0 Å². The zero-order valence-electron chi connectivity index (χ0n) is 7.97. The SMILES string of the molecule is C[C@@H](O)[C@H](N)c1ccc(C(N)=O)cc1. The summed E-state index contributed by atoms with van der Waals surface area (Å²) in [5, 5.41) is 9.24. The molecule has 0 spiro atoms. The average Bonchev–Trinajstić information content (AvgIpc) is 2.16. The van der Waals surface area contributed by atoms with E-state index in [2.05, 4.69) is 0 Å².